The molecule has 0 radical (unpaired) electrons. The Kier molecular flexibility index (Phi) is 5.99. The van der Waals surface area contributed by atoms with Gasteiger partial charge in [0.05, 0.1) is 19.1 Å². The predicted molar refractivity (Wildman–Crippen MR) is 106 cm³/mol. The van der Waals surface area contributed by atoms with Crippen molar-refractivity contribution in [3.05, 3.63) is 33.8 Å². The minimum atomic E-state index is -1.31. The van der Waals surface area contributed by atoms with Crippen molar-refractivity contribution in [3.8, 4) is 0 Å². The van der Waals surface area contributed by atoms with Crippen molar-refractivity contribution in [2.45, 2.75) is 64.2 Å². The van der Waals surface area contributed by atoms with E-state index in [1.165, 1.54) is 12.7 Å². The molecule has 0 saturated carbocycles. The molecule has 0 fully saturated rings. The van der Waals surface area contributed by atoms with Crippen molar-refractivity contribution in [1.82, 2.24) is 4.72 Å². The Morgan fingerprint density at radius 2 is 2.04 bits per heavy atom. The molecule has 2 atom stereocenters. The van der Waals surface area contributed by atoms with Gasteiger partial charge in [0.15, 0.2) is 0 Å². The summed E-state index contributed by atoms with van der Waals surface area (Å²) in [4.78, 5) is 12.2. The smallest absolute Gasteiger partial charge is 0.307 e. The second kappa shape index (κ2) is 7.22. The molecule has 4 nitrogen and oxygen atoms in total. The van der Waals surface area contributed by atoms with Crippen LogP contribution in [-0.4, -0.2) is 22.4 Å². The molecule has 1 N–H and O–H groups in total. The lowest BCUT2D eigenvalue weighted by atomic mass is 9.64. The Morgan fingerprint density at radius 1 is 1.40 bits per heavy atom. The van der Waals surface area contributed by atoms with Crippen LogP contribution in [-0.2, 0) is 32.9 Å². The highest BCUT2D eigenvalue weighted by atomic mass is 79.9. The minimum Gasteiger partial charge on any atom is -0.598 e. The Morgan fingerprint density at radius 3 is 2.60 bits per heavy atom. The molecular weight excluding hydrogens is 402 g/mol. The maximum absolute atomic E-state index is 12.9. The van der Waals surface area contributed by atoms with Gasteiger partial charge in [-0.25, -0.2) is 0 Å². The molecule has 6 heteroatoms. The highest BCUT2D eigenvalue weighted by Gasteiger charge is 2.49. The van der Waals surface area contributed by atoms with Crippen LogP contribution < -0.4 is 4.72 Å². The first-order chi connectivity index (χ1) is 11.4. The number of carbonyl (C=O) groups is 1. The van der Waals surface area contributed by atoms with Crippen molar-refractivity contribution in [3.63, 3.8) is 0 Å². The van der Waals surface area contributed by atoms with Crippen LogP contribution in [0.4, 0.5) is 0 Å². The molecule has 2 rings (SSSR count). The SMILES string of the molecule is COC(=O)CC1(N[S+]([O-])C(C)(C)C)CC(C)(C)Cc2ccc(Br)cc21. The summed E-state index contributed by atoms with van der Waals surface area (Å²) in [6.45, 7) is 10.2. The second-order valence-electron chi connectivity index (χ2n) is 8.64. The normalized spacial score (nSPS) is 23.7. The fraction of sp³-hybridized carbons (Fsp3) is 0.632. The van der Waals surface area contributed by atoms with E-state index in [1.807, 2.05) is 32.9 Å². The zero-order valence-electron chi connectivity index (χ0n) is 15.9. The predicted octanol–water partition coefficient (Wildman–Crippen LogP) is 4.23. The number of hydrogen-bond acceptors (Lipinski definition) is 4. The van der Waals surface area contributed by atoms with Crippen LogP contribution in [0.2, 0.25) is 0 Å². The van der Waals surface area contributed by atoms with E-state index in [1.54, 1.807) is 0 Å². The lowest BCUT2D eigenvalue weighted by molar-refractivity contribution is -0.142. The first kappa shape index (κ1) is 20.7. The molecule has 1 aliphatic carbocycles. The number of benzene rings is 1. The molecule has 2 unspecified atom stereocenters. The number of halogens is 1. The van der Waals surface area contributed by atoms with Crippen LogP contribution in [0, 0.1) is 5.41 Å². The summed E-state index contributed by atoms with van der Waals surface area (Å²) in [5.41, 5.74) is 1.47. The third-order valence-electron chi connectivity index (χ3n) is 4.55. The largest absolute Gasteiger partial charge is 0.598 e. The van der Waals surface area contributed by atoms with Gasteiger partial charge in [-0.3, -0.25) is 4.79 Å². The molecule has 0 bridgehead atoms. The highest BCUT2D eigenvalue weighted by molar-refractivity contribution is 9.10. The van der Waals surface area contributed by atoms with Gasteiger partial charge in [0.25, 0.3) is 0 Å². The number of nitrogens with one attached hydrogen (secondary N) is 1. The summed E-state index contributed by atoms with van der Waals surface area (Å²) in [5.74, 6) is -0.304. The van der Waals surface area contributed by atoms with Gasteiger partial charge in [0, 0.05) is 15.8 Å². The summed E-state index contributed by atoms with van der Waals surface area (Å²) in [6, 6.07) is 6.15. The Balaban J connectivity index is 2.60. The Hall–Kier alpha value is -0.560. The zero-order valence-corrected chi connectivity index (χ0v) is 18.3. The van der Waals surface area contributed by atoms with Crippen LogP contribution in [0.1, 0.15) is 58.6 Å². The van der Waals surface area contributed by atoms with Gasteiger partial charge in [-0.1, -0.05) is 35.8 Å². The van der Waals surface area contributed by atoms with E-state index < -0.39 is 21.6 Å². The van der Waals surface area contributed by atoms with Gasteiger partial charge in [-0.05, 0) is 62.3 Å². The van der Waals surface area contributed by atoms with Crippen LogP contribution >= 0.6 is 15.9 Å². The van der Waals surface area contributed by atoms with Gasteiger partial charge in [-0.2, -0.15) is 0 Å². The lowest BCUT2D eigenvalue weighted by Crippen LogP contribution is -2.56. The van der Waals surface area contributed by atoms with E-state index in [-0.39, 0.29) is 17.8 Å². The van der Waals surface area contributed by atoms with Crippen molar-refractivity contribution < 1.29 is 14.1 Å². The zero-order chi connectivity index (χ0) is 19.0. The summed E-state index contributed by atoms with van der Waals surface area (Å²) >= 11 is 2.23. The molecule has 25 heavy (non-hydrogen) atoms. The van der Waals surface area contributed by atoms with E-state index in [9.17, 15) is 9.35 Å². The van der Waals surface area contributed by atoms with Gasteiger partial charge >= 0.3 is 5.97 Å². The molecule has 0 spiro atoms. The molecule has 140 valence electrons. The van der Waals surface area contributed by atoms with E-state index in [0.717, 1.165) is 16.5 Å². The number of fused-ring (bicyclic) bond motifs is 1. The number of esters is 1. The first-order valence-corrected chi connectivity index (χ1v) is 10.4. The van der Waals surface area contributed by atoms with Crippen molar-refractivity contribution in [2.24, 2.45) is 5.41 Å². The third-order valence-corrected chi connectivity index (χ3v) is 6.74. The van der Waals surface area contributed by atoms with E-state index in [0.29, 0.717) is 6.42 Å². The van der Waals surface area contributed by atoms with Gasteiger partial charge in [0.2, 0.25) is 0 Å². The fourth-order valence-electron chi connectivity index (χ4n) is 3.57. The van der Waals surface area contributed by atoms with Gasteiger partial charge in [0.1, 0.15) is 4.75 Å². The van der Waals surface area contributed by atoms with E-state index >= 15 is 0 Å². The summed E-state index contributed by atoms with van der Waals surface area (Å²) in [5, 5.41) is 0. The Labute approximate surface area is 162 Å². The molecule has 0 aromatic heterocycles. The third kappa shape index (κ3) is 4.79. The number of ether oxygens (including phenoxy) is 1. The molecule has 1 aromatic carbocycles. The highest BCUT2D eigenvalue weighted by Crippen LogP contribution is 2.48. The summed E-state index contributed by atoms with van der Waals surface area (Å²) in [6.07, 6.45) is 1.78. The topological polar surface area (TPSA) is 61.4 Å². The lowest BCUT2D eigenvalue weighted by Gasteiger charge is -2.46. The number of methoxy groups -OCH3 is 1. The maximum Gasteiger partial charge on any atom is 0.307 e. The maximum atomic E-state index is 12.9. The molecule has 0 heterocycles. The molecule has 1 aromatic rings. The molecule has 0 aliphatic heterocycles. The van der Waals surface area contributed by atoms with E-state index in [4.69, 9.17) is 4.74 Å². The summed E-state index contributed by atoms with van der Waals surface area (Å²) < 4.78 is 21.8. The molecular formula is C19H28BrNO3S. The first-order valence-electron chi connectivity index (χ1n) is 8.44. The van der Waals surface area contributed by atoms with Crippen LogP contribution in [0.3, 0.4) is 0 Å². The Bertz CT molecular complexity index is 657. The number of rotatable bonds is 4. The average Bonchev–Trinajstić information content (AvgIpc) is 2.46. The van der Waals surface area contributed by atoms with Crippen LogP contribution in [0.5, 0.6) is 0 Å². The van der Waals surface area contributed by atoms with Crippen LogP contribution in [0.15, 0.2) is 22.7 Å². The number of carbonyl (C=O) groups excluding carboxylic acids is 1. The van der Waals surface area contributed by atoms with Crippen molar-refractivity contribution in [1.29, 1.82) is 0 Å². The van der Waals surface area contributed by atoms with Gasteiger partial charge < -0.3 is 9.29 Å². The standard InChI is InChI=1S/C19H28BrNO3S/c1-17(2,3)25(23)21-19(11-16(22)24-6)12-18(4,5)10-13-7-8-14(20)9-15(13)19/h7-9,21H,10-12H2,1-6H3. The monoisotopic (exact) mass is 429 g/mol. The fourth-order valence-corrected chi connectivity index (χ4v) is 4.85. The summed E-state index contributed by atoms with van der Waals surface area (Å²) in [7, 11) is 1.40. The number of hydrogen-bond donors (Lipinski definition) is 1. The molecule has 1 aliphatic rings. The minimum absolute atomic E-state index is 0.0239. The van der Waals surface area contributed by atoms with Gasteiger partial charge in [-0.15, -0.1) is 4.72 Å². The molecule has 0 saturated heterocycles. The molecule has 0 amide bonds. The van der Waals surface area contributed by atoms with E-state index in [2.05, 4.69) is 40.6 Å². The van der Waals surface area contributed by atoms with Crippen LogP contribution in [0.25, 0.3) is 0 Å². The van der Waals surface area contributed by atoms with Crippen molar-refractivity contribution >= 4 is 33.3 Å². The van der Waals surface area contributed by atoms with Crippen molar-refractivity contribution in [2.75, 3.05) is 7.11 Å². The quantitative estimate of drug-likeness (QED) is 0.574. The average molecular weight is 430 g/mol. The second-order valence-corrected chi connectivity index (χ2v) is 11.5.